The van der Waals surface area contributed by atoms with Crippen LogP contribution in [0.15, 0.2) is 35.0 Å². The normalized spacial score (nSPS) is 16.4. The minimum Gasteiger partial charge on any atom is -0.465 e. The number of hydrogen-bond donors (Lipinski definition) is 0. The maximum absolute atomic E-state index is 11.3. The van der Waals surface area contributed by atoms with Gasteiger partial charge in [0.2, 0.25) is 0 Å². The topological polar surface area (TPSA) is 65.0 Å². The summed E-state index contributed by atoms with van der Waals surface area (Å²) in [5, 5.41) is 0. The number of cyclic esters (lactones) is 1. The number of esters is 2. The number of rotatable bonds is 2. The van der Waals surface area contributed by atoms with E-state index in [4.69, 9.17) is 4.74 Å². The Morgan fingerprint density at radius 3 is 2.50 bits per heavy atom. The largest absolute Gasteiger partial charge is 0.465 e. The van der Waals surface area contributed by atoms with Gasteiger partial charge in [0, 0.05) is 6.92 Å². The molecule has 1 heterocycles. The monoisotopic (exact) mass is 245 g/mol. The Labute approximate surface area is 104 Å². The molecule has 0 atom stereocenters. The highest BCUT2D eigenvalue weighted by atomic mass is 16.6. The number of hydrogen-bond acceptors (Lipinski definition) is 5. The van der Waals surface area contributed by atoms with Crippen molar-refractivity contribution in [2.75, 3.05) is 7.11 Å². The van der Waals surface area contributed by atoms with Gasteiger partial charge in [-0.1, -0.05) is 12.1 Å². The zero-order valence-electron chi connectivity index (χ0n) is 9.97. The minimum atomic E-state index is -0.468. The van der Waals surface area contributed by atoms with Crippen molar-refractivity contribution >= 4 is 23.9 Å². The van der Waals surface area contributed by atoms with Crippen LogP contribution in [0.25, 0.3) is 6.08 Å². The van der Waals surface area contributed by atoms with E-state index >= 15 is 0 Å². The number of nitrogens with zero attached hydrogens (tertiary/aromatic N) is 1. The van der Waals surface area contributed by atoms with Crippen molar-refractivity contribution in [1.29, 1.82) is 0 Å². The van der Waals surface area contributed by atoms with Gasteiger partial charge in [0.15, 0.2) is 11.6 Å². The molecule has 1 aromatic rings. The molecule has 0 N–H and O–H groups in total. The van der Waals surface area contributed by atoms with Crippen LogP contribution < -0.4 is 0 Å². The average molecular weight is 245 g/mol. The van der Waals surface area contributed by atoms with E-state index in [1.807, 2.05) is 0 Å². The second kappa shape index (κ2) is 4.83. The molecule has 5 heteroatoms. The lowest BCUT2D eigenvalue weighted by molar-refractivity contribution is -0.130. The van der Waals surface area contributed by atoms with Crippen molar-refractivity contribution in [2.24, 2.45) is 4.99 Å². The Kier molecular flexibility index (Phi) is 3.23. The molecule has 1 aromatic carbocycles. The predicted molar refractivity (Wildman–Crippen MR) is 65.0 cm³/mol. The fourth-order valence-corrected chi connectivity index (χ4v) is 1.51. The van der Waals surface area contributed by atoms with Crippen molar-refractivity contribution in [3.05, 3.63) is 41.1 Å². The van der Waals surface area contributed by atoms with Crippen molar-refractivity contribution in [3.8, 4) is 0 Å². The second-order valence-corrected chi connectivity index (χ2v) is 3.66. The van der Waals surface area contributed by atoms with Crippen LogP contribution in [0.2, 0.25) is 0 Å². The molecule has 0 radical (unpaired) electrons. The van der Waals surface area contributed by atoms with E-state index in [0.29, 0.717) is 11.5 Å². The molecule has 18 heavy (non-hydrogen) atoms. The standard InChI is InChI=1S/C13H11NO4/c1-8-14-11(13(16)18-8)7-9-3-5-10(6-4-9)12(15)17-2/h3-7H,1-2H3/b11-7-. The highest BCUT2D eigenvalue weighted by Crippen LogP contribution is 2.15. The van der Waals surface area contributed by atoms with Crippen LogP contribution in [0.5, 0.6) is 0 Å². The van der Waals surface area contributed by atoms with Crippen LogP contribution in [-0.4, -0.2) is 24.9 Å². The van der Waals surface area contributed by atoms with Gasteiger partial charge in [-0.05, 0) is 23.8 Å². The van der Waals surface area contributed by atoms with E-state index < -0.39 is 11.9 Å². The Bertz CT molecular complexity index is 555. The SMILES string of the molecule is COC(=O)c1ccc(/C=C2\N=C(C)OC2=O)cc1. The smallest absolute Gasteiger partial charge is 0.363 e. The van der Waals surface area contributed by atoms with E-state index in [0.717, 1.165) is 5.56 Å². The highest BCUT2D eigenvalue weighted by Gasteiger charge is 2.19. The van der Waals surface area contributed by atoms with Crippen molar-refractivity contribution in [1.82, 2.24) is 0 Å². The first-order valence-corrected chi connectivity index (χ1v) is 5.27. The molecule has 92 valence electrons. The van der Waals surface area contributed by atoms with Crippen molar-refractivity contribution in [2.45, 2.75) is 6.92 Å². The molecule has 5 nitrogen and oxygen atoms in total. The van der Waals surface area contributed by atoms with Crippen LogP contribution in [0, 0.1) is 0 Å². The Hall–Kier alpha value is -2.43. The molecular weight excluding hydrogens is 234 g/mol. The minimum absolute atomic E-state index is 0.248. The van der Waals surface area contributed by atoms with E-state index in [-0.39, 0.29) is 5.70 Å². The summed E-state index contributed by atoms with van der Waals surface area (Å²) in [6, 6.07) is 6.65. The maximum Gasteiger partial charge on any atom is 0.363 e. The molecule has 0 saturated carbocycles. The van der Waals surface area contributed by atoms with E-state index in [2.05, 4.69) is 9.73 Å². The third-order valence-electron chi connectivity index (χ3n) is 2.36. The molecule has 0 fully saturated rings. The second-order valence-electron chi connectivity index (χ2n) is 3.66. The van der Waals surface area contributed by atoms with Gasteiger partial charge in [-0.15, -0.1) is 0 Å². The predicted octanol–water partition coefficient (Wildman–Crippen LogP) is 1.79. The van der Waals surface area contributed by atoms with Gasteiger partial charge in [0.05, 0.1) is 12.7 Å². The number of ether oxygens (including phenoxy) is 2. The first-order valence-electron chi connectivity index (χ1n) is 5.27. The summed E-state index contributed by atoms with van der Waals surface area (Å²) in [6.45, 7) is 1.61. The Morgan fingerprint density at radius 2 is 2.00 bits per heavy atom. The summed E-state index contributed by atoms with van der Waals surface area (Å²) in [5.74, 6) is -0.537. The van der Waals surface area contributed by atoms with Crippen LogP contribution in [-0.2, 0) is 14.3 Å². The molecule has 0 unspecified atom stereocenters. The van der Waals surface area contributed by atoms with Crippen LogP contribution in [0.3, 0.4) is 0 Å². The third kappa shape index (κ3) is 2.45. The number of methoxy groups -OCH3 is 1. The van der Waals surface area contributed by atoms with Crippen molar-refractivity contribution < 1.29 is 19.1 Å². The number of carbonyl (C=O) groups is 2. The summed E-state index contributed by atoms with van der Waals surface area (Å²) < 4.78 is 9.38. The molecule has 0 saturated heterocycles. The van der Waals surface area contributed by atoms with Crippen LogP contribution >= 0.6 is 0 Å². The fourth-order valence-electron chi connectivity index (χ4n) is 1.51. The molecule has 0 spiro atoms. The Balaban J connectivity index is 2.23. The lowest BCUT2D eigenvalue weighted by atomic mass is 10.1. The molecule has 0 aliphatic carbocycles. The zero-order chi connectivity index (χ0) is 13.1. The van der Waals surface area contributed by atoms with Gasteiger partial charge in [0.1, 0.15) is 0 Å². The van der Waals surface area contributed by atoms with Crippen molar-refractivity contribution in [3.63, 3.8) is 0 Å². The molecule has 0 aromatic heterocycles. The van der Waals surface area contributed by atoms with E-state index in [9.17, 15) is 9.59 Å². The molecule has 1 aliphatic rings. The van der Waals surface area contributed by atoms with Gasteiger partial charge in [-0.2, -0.15) is 0 Å². The third-order valence-corrected chi connectivity index (χ3v) is 2.36. The van der Waals surface area contributed by atoms with Gasteiger partial charge in [-0.25, -0.2) is 14.6 Å². The summed E-state index contributed by atoms with van der Waals surface area (Å²) >= 11 is 0. The van der Waals surface area contributed by atoms with Crippen LogP contribution in [0.4, 0.5) is 0 Å². The molecular formula is C13H11NO4. The Morgan fingerprint density at radius 1 is 1.33 bits per heavy atom. The first-order chi connectivity index (χ1) is 8.60. The number of aliphatic imine (C=N–C) groups is 1. The maximum atomic E-state index is 11.3. The summed E-state index contributed by atoms with van der Waals surface area (Å²) in [6.07, 6.45) is 1.60. The summed E-state index contributed by atoms with van der Waals surface area (Å²) in [4.78, 5) is 26.5. The summed E-state index contributed by atoms with van der Waals surface area (Å²) in [7, 11) is 1.32. The molecule has 1 aliphatic heterocycles. The molecule has 0 amide bonds. The van der Waals surface area contributed by atoms with E-state index in [1.165, 1.54) is 7.11 Å². The first kappa shape index (κ1) is 12.0. The fraction of sp³-hybridized carbons (Fsp3) is 0.154. The van der Waals surface area contributed by atoms with Gasteiger partial charge in [-0.3, -0.25) is 0 Å². The summed E-state index contributed by atoms with van der Waals surface area (Å²) in [5.41, 5.74) is 1.46. The van der Waals surface area contributed by atoms with Gasteiger partial charge in [0.25, 0.3) is 0 Å². The molecule has 2 rings (SSSR count). The van der Waals surface area contributed by atoms with Gasteiger partial charge >= 0.3 is 11.9 Å². The lowest BCUT2D eigenvalue weighted by Gasteiger charge is -1.99. The average Bonchev–Trinajstić information content (AvgIpc) is 2.68. The van der Waals surface area contributed by atoms with E-state index in [1.54, 1.807) is 37.3 Å². The zero-order valence-corrected chi connectivity index (χ0v) is 9.97. The number of benzene rings is 1. The molecule has 0 bridgehead atoms. The highest BCUT2D eigenvalue weighted by molar-refractivity contribution is 6.06. The number of carbonyl (C=O) groups excluding carboxylic acids is 2. The van der Waals surface area contributed by atoms with Gasteiger partial charge < -0.3 is 9.47 Å². The van der Waals surface area contributed by atoms with Crippen LogP contribution in [0.1, 0.15) is 22.8 Å². The quantitative estimate of drug-likeness (QED) is 0.588. The lowest BCUT2D eigenvalue weighted by Crippen LogP contribution is -2.01.